The third-order valence-electron chi connectivity index (χ3n) is 2.81. The highest BCUT2D eigenvalue weighted by Crippen LogP contribution is 2.23. The van der Waals surface area contributed by atoms with E-state index in [-0.39, 0.29) is 11.7 Å². The number of hydrogen-bond donors (Lipinski definition) is 2. The van der Waals surface area contributed by atoms with Gasteiger partial charge in [-0.2, -0.15) is 0 Å². The summed E-state index contributed by atoms with van der Waals surface area (Å²) in [6, 6.07) is 6.55. The second kappa shape index (κ2) is 5.40. The molecule has 3 nitrogen and oxygen atoms in total. The lowest BCUT2D eigenvalue weighted by Crippen LogP contribution is -2.75. The number of hydrogen-bond acceptors (Lipinski definition) is 1. The molecule has 1 aliphatic heterocycles. The maximum Gasteiger partial charge on any atom is 0.302 e. The zero-order valence-corrected chi connectivity index (χ0v) is 10.9. The maximum absolute atomic E-state index is 12.9. The molecule has 90 valence electrons. The molecule has 0 saturated heterocycles. The smallest absolute Gasteiger partial charge is 0.302 e. The molecule has 17 heavy (non-hydrogen) atoms. The predicted molar refractivity (Wildman–Crippen MR) is 69.8 cm³/mol. The Balaban J connectivity index is 2.29. The molecule has 0 radical (unpaired) electrons. The van der Waals surface area contributed by atoms with Gasteiger partial charge in [-0.15, -0.1) is 0 Å². The molecule has 0 amide bonds. The molecule has 3 N–H and O–H groups in total. The maximum atomic E-state index is 12.9. The zero-order chi connectivity index (χ0) is 12.3. The molecule has 1 aromatic carbocycles. The van der Waals surface area contributed by atoms with Crippen molar-refractivity contribution in [1.29, 1.82) is 0 Å². The van der Waals surface area contributed by atoms with Crippen LogP contribution in [0, 0.1) is 5.82 Å². The van der Waals surface area contributed by atoms with Gasteiger partial charge in [0, 0.05) is 15.9 Å². The highest BCUT2D eigenvalue weighted by molar-refractivity contribution is 9.18. The molecule has 0 saturated carbocycles. The van der Waals surface area contributed by atoms with Gasteiger partial charge in [-0.1, -0.05) is 12.1 Å². The second-order valence-electron chi connectivity index (χ2n) is 3.99. The molecule has 2 rings (SSSR count). The Kier molecular flexibility index (Phi) is 3.89. The fraction of sp³-hybridized carbons (Fsp3) is 0.333. The van der Waals surface area contributed by atoms with E-state index in [9.17, 15) is 4.39 Å². The fourth-order valence-corrected chi connectivity index (χ4v) is 2.23. The standard InChI is InChI=1S/C12H13BrFN3/c13-12(15)17-11-10(2-1-7-16-11)8-3-5-9(14)6-4-8/h3-6,10H,1-2,7H2,(H2,15,16,17)/p+1. The normalized spacial score (nSPS) is 21.2. The first kappa shape index (κ1) is 12.2. The van der Waals surface area contributed by atoms with Crippen LogP contribution < -0.4 is 10.7 Å². The number of nitrogens with one attached hydrogen (secondary N) is 1. The van der Waals surface area contributed by atoms with Crippen LogP contribution in [0.15, 0.2) is 29.3 Å². The Hall–Kier alpha value is -1.23. The van der Waals surface area contributed by atoms with Gasteiger partial charge >= 0.3 is 5.84 Å². The summed E-state index contributed by atoms with van der Waals surface area (Å²) in [5, 5.41) is 0. The largest absolute Gasteiger partial charge is 0.357 e. The van der Waals surface area contributed by atoms with E-state index in [4.69, 9.17) is 5.73 Å². The lowest BCUT2D eigenvalue weighted by Gasteiger charge is -2.15. The molecular weight excluding hydrogens is 285 g/mol. The van der Waals surface area contributed by atoms with E-state index in [2.05, 4.69) is 25.9 Å². The highest BCUT2D eigenvalue weighted by atomic mass is 79.9. The zero-order valence-electron chi connectivity index (χ0n) is 9.29. The Morgan fingerprint density at radius 1 is 1.41 bits per heavy atom. The lowest BCUT2D eigenvalue weighted by molar-refractivity contribution is -0.465. The van der Waals surface area contributed by atoms with Crippen LogP contribution in [-0.2, 0) is 0 Å². The van der Waals surface area contributed by atoms with Gasteiger partial charge in [0.1, 0.15) is 5.82 Å². The number of amidine groups is 2. The second-order valence-corrected chi connectivity index (χ2v) is 4.81. The number of benzene rings is 1. The molecule has 1 aliphatic rings. The van der Waals surface area contributed by atoms with Crippen LogP contribution in [0.2, 0.25) is 0 Å². The Labute approximate surface area is 108 Å². The van der Waals surface area contributed by atoms with E-state index in [0.29, 0.717) is 4.74 Å². The number of rotatable bonds is 1. The summed E-state index contributed by atoms with van der Waals surface area (Å²) in [6.07, 6.45) is 2.07. The SMILES string of the molecule is NC(Br)=NC1=[NH+]CCCC1c1ccc(F)cc1. The fourth-order valence-electron chi connectivity index (χ4n) is 2.03. The quantitative estimate of drug-likeness (QED) is 0.452. The Morgan fingerprint density at radius 3 is 2.76 bits per heavy atom. The molecule has 1 heterocycles. The summed E-state index contributed by atoms with van der Waals surface area (Å²) in [5.74, 6) is 0.792. The Bertz CT molecular complexity index is 449. The molecule has 0 aromatic heterocycles. The minimum Gasteiger partial charge on any atom is -0.357 e. The first-order valence-corrected chi connectivity index (χ1v) is 6.32. The van der Waals surface area contributed by atoms with E-state index in [1.165, 1.54) is 12.1 Å². The molecule has 0 aliphatic carbocycles. The van der Waals surface area contributed by atoms with Crippen molar-refractivity contribution in [2.24, 2.45) is 10.7 Å². The van der Waals surface area contributed by atoms with Crippen molar-refractivity contribution >= 4 is 26.5 Å². The summed E-state index contributed by atoms with van der Waals surface area (Å²) in [5.41, 5.74) is 6.59. The molecule has 1 aromatic rings. The summed E-state index contributed by atoms with van der Waals surface area (Å²) in [7, 11) is 0. The van der Waals surface area contributed by atoms with Crippen molar-refractivity contribution in [3.63, 3.8) is 0 Å². The molecule has 5 heteroatoms. The van der Waals surface area contributed by atoms with E-state index in [1.54, 1.807) is 12.1 Å². The van der Waals surface area contributed by atoms with E-state index < -0.39 is 0 Å². The van der Waals surface area contributed by atoms with Crippen molar-refractivity contribution in [1.82, 2.24) is 0 Å². The van der Waals surface area contributed by atoms with Crippen LogP contribution in [0.4, 0.5) is 4.39 Å². The van der Waals surface area contributed by atoms with Crippen molar-refractivity contribution < 1.29 is 9.38 Å². The molecule has 1 atom stereocenters. The van der Waals surface area contributed by atoms with Crippen molar-refractivity contribution in [3.8, 4) is 0 Å². The summed E-state index contributed by atoms with van der Waals surface area (Å²) in [6.45, 7) is 0.900. The number of aliphatic imine (C=N–C) groups is 1. The van der Waals surface area contributed by atoms with Gasteiger partial charge in [-0.25, -0.2) is 4.39 Å². The summed E-state index contributed by atoms with van der Waals surface area (Å²) < 4.78 is 13.2. The van der Waals surface area contributed by atoms with Crippen LogP contribution in [0.1, 0.15) is 24.3 Å². The van der Waals surface area contributed by atoms with Crippen molar-refractivity contribution in [2.45, 2.75) is 18.8 Å². The average Bonchev–Trinajstić information content (AvgIpc) is 2.30. The van der Waals surface area contributed by atoms with Gasteiger partial charge in [0.25, 0.3) is 4.74 Å². The van der Waals surface area contributed by atoms with Crippen LogP contribution in [0.3, 0.4) is 0 Å². The third kappa shape index (κ3) is 3.12. The average molecular weight is 299 g/mol. The Morgan fingerprint density at radius 2 is 2.12 bits per heavy atom. The topological polar surface area (TPSA) is 52.3 Å². The van der Waals surface area contributed by atoms with Gasteiger partial charge in [0.05, 0.1) is 12.5 Å². The van der Waals surface area contributed by atoms with Crippen LogP contribution in [0.25, 0.3) is 0 Å². The molecule has 0 spiro atoms. The van der Waals surface area contributed by atoms with Gasteiger partial charge in [0.15, 0.2) is 0 Å². The summed E-state index contributed by atoms with van der Waals surface area (Å²) in [4.78, 5) is 7.48. The van der Waals surface area contributed by atoms with Crippen LogP contribution in [-0.4, -0.2) is 17.1 Å². The predicted octanol–water partition coefficient (Wildman–Crippen LogP) is 0.892. The van der Waals surface area contributed by atoms with Gasteiger partial charge in [0.2, 0.25) is 0 Å². The van der Waals surface area contributed by atoms with E-state index in [1.807, 2.05) is 0 Å². The molecule has 0 fully saturated rings. The van der Waals surface area contributed by atoms with E-state index in [0.717, 1.165) is 30.8 Å². The first-order chi connectivity index (χ1) is 8.16. The van der Waals surface area contributed by atoms with Crippen molar-refractivity contribution in [2.75, 3.05) is 6.54 Å². The molecule has 0 bridgehead atoms. The summed E-state index contributed by atoms with van der Waals surface area (Å²) >= 11 is 3.13. The van der Waals surface area contributed by atoms with Crippen molar-refractivity contribution in [3.05, 3.63) is 35.6 Å². The number of nitrogens with zero attached hydrogens (tertiary/aromatic N) is 1. The number of nitrogens with two attached hydrogens (primary N) is 1. The monoisotopic (exact) mass is 298 g/mol. The minimum atomic E-state index is -0.220. The number of halogens is 2. The van der Waals surface area contributed by atoms with Crippen LogP contribution >= 0.6 is 15.9 Å². The van der Waals surface area contributed by atoms with E-state index >= 15 is 0 Å². The third-order valence-corrected chi connectivity index (χ3v) is 2.98. The first-order valence-electron chi connectivity index (χ1n) is 5.52. The van der Waals surface area contributed by atoms with Gasteiger partial charge < -0.3 is 5.73 Å². The molecule has 1 unspecified atom stereocenters. The minimum absolute atomic E-state index is 0.167. The van der Waals surface area contributed by atoms with Gasteiger partial charge in [-0.05, 0) is 35.5 Å². The van der Waals surface area contributed by atoms with Gasteiger partial charge in [-0.3, -0.25) is 4.99 Å². The molecular formula is C12H14BrFN3+. The highest BCUT2D eigenvalue weighted by Gasteiger charge is 2.27. The van der Waals surface area contributed by atoms with Crippen LogP contribution in [0.5, 0.6) is 0 Å². The lowest BCUT2D eigenvalue weighted by atomic mass is 9.91.